The minimum atomic E-state index is 0.853. The lowest BCUT2D eigenvalue weighted by Gasteiger charge is -2.37. The quantitative estimate of drug-likeness (QED) is 0.813. The minimum absolute atomic E-state index is 0.853. The summed E-state index contributed by atoms with van der Waals surface area (Å²) in [5.41, 5.74) is 2.80. The molecule has 3 heteroatoms. The number of anilines is 2. The Morgan fingerprint density at radius 2 is 1.42 bits per heavy atom. The summed E-state index contributed by atoms with van der Waals surface area (Å²) in [6.45, 7) is 8.50. The molecule has 0 atom stereocenters. The molecule has 0 radical (unpaired) electrons. The molecule has 1 aromatic rings. The van der Waals surface area contributed by atoms with Crippen LogP contribution in [0.5, 0.6) is 0 Å². The molecule has 0 aliphatic carbocycles. The number of para-hydroxylation sites is 2. The fourth-order valence-corrected chi connectivity index (χ4v) is 3.05. The number of nitrogens with zero attached hydrogens (tertiary/aromatic N) is 2. The second kappa shape index (κ2) is 5.83. The maximum Gasteiger partial charge on any atom is 0.0642 e. The molecular weight excluding hydrogens is 236 g/mol. The molecule has 1 aromatic carbocycles. The van der Waals surface area contributed by atoms with E-state index in [1.807, 2.05) is 0 Å². The van der Waals surface area contributed by atoms with Crippen molar-refractivity contribution in [3.05, 3.63) is 24.3 Å². The third-order valence-corrected chi connectivity index (χ3v) is 4.36. The van der Waals surface area contributed by atoms with E-state index in [4.69, 9.17) is 4.74 Å². The zero-order chi connectivity index (χ0) is 13.1. The van der Waals surface area contributed by atoms with Crippen LogP contribution in [0, 0.1) is 5.92 Å². The first-order valence-corrected chi connectivity index (χ1v) is 7.51. The lowest BCUT2D eigenvalue weighted by atomic mass is 9.98. The van der Waals surface area contributed by atoms with Crippen LogP contribution in [0.4, 0.5) is 11.4 Å². The Kier molecular flexibility index (Phi) is 3.92. The maximum absolute atomic E-state index is 5.47. The Hall–Kier alpha value is -1.22. The van der Waals surface area contributed by atoms with Crippen molar-refractivity contribution in [2.24, 2.45) is 5.92 Å². The van der Waals surface area contributed by atoms with Gasteiger partial charge in [0.15, 0.2) is 0 Å². The van der Waals surface area contributed by atoms with Gasteiger partial charge in [-0.3, -0.25) is 0 Å². The maximum atomic E-state index is 5.47. The fraction of sp³-hybridized carbons (Fsp3) is 0.625. The van der Waals surface area contributed by atoms with Gasteiger partial charge >= 0.3 is 0 Å². The monoisotopic (exact) mass is 260 g/mol. The molecule has 0 N–H and O–H groups in total. The number of hydrogen-bond donors (Lipinski definition) is 0. The third-order valence-electron chi connectivity index (χ3n) is 4.36. The van der Waals surface area contributed by atoms with Crippen LogP contribution in [-0.4, -0.2) is 39.4 Å². The summed E-state index contributed by atoms with van der Waals surface area (Å²) in [6.07, 6.45) is 2.63. The van der Waals surface area contributed by atoms with E-state index >= 15 is 0 Å². The van der Waals surface area contributed by atoms with E-state index in [0.717, 1.165) is 32.2 Å². The average Bonchev–Trinajstić information content (AvgIpc) is 2.49. The van der Waals surface area contributed by atoms with Gasteiger partial charge in [0.05, 0.1) is 24.6 Å². The Labute approximate surface area is 116 Å². The summed E-state index contributed by atoms with van der Waals surface area (Å²) >= 11 is 0. The molecule has 3 rings (SSSR count). The van der Waals surface area contributed by atoms with E-state index in [1.165, 1.54) is 37.3 Å². The van der Waals surface area contributed by atoms with Gasteiger partial charge in [0.1, 0.15) is 0 Å². The van der Waals surface area contributed by atoms with Gasteiger partial charge in [0.25, 0.3) is 0 Å². The molecule has 0 amide bonds. The first kappa shape index (κ1) is 12.8. The highest BCUT2D eigenvalue weighted by atomic mass is 16.5. The van der Waals surface area contributed by atoms with Crippen LogP contribution in [0.2, 0.25) is 0 Å². The molecule has 0 unspecified atom stereocenters. The van der Waals surface area contributed by atoms with Crippen LogP contribution in [0.15, 0.2) is 24.3 Å². The topological polar surface area (TPSA) is 15.7 Å². The van der Waals surface area contributed by atoms with Gasteiger partial charge in [0.2, 0.25) is 0 Å². The van der Waals surface area contributed by atoms with Crippen LogP contribution < -0.4 is 9.80 Å². The van der Waals surface area contributed by atoms with Gasteiger partial charge in [-0.05, 0) is 30.9 Å². The molecule has 3 nitrogen and oxygen atoms in total. The predicted octanol–water partition coefficient (Wildman–Crippen LogP) is 2.76. The molecule has 0 spiro atoms. The number of hydrogen-bond acceptors (Lipinski definition) is 3. The van der Waals surface area contributed by atoms with Crippen molar-refractivity contribution in [2.45, 2.75) is 19.8 Å². The Balaban J connectivity index is 1.80. The van der Waals surface area contributed by atoms with Crippen molar-refractivity contribution in [1.82, 2.24) is 0 Å². The largest absolute Gasteiger partial charge is 0.378 e. The molecule has 0 saturated carbocycles. The lowest BCUT2D eigenvalue weighted by molar-refractivity contribution is 0.122. The van der Waals surface area contributed by atoms with E-state index < -0.39 is 0 Å². The molecule has 104 valence electrons. The summed E-state index contributed by atoms with van der Waals surface area (Å²) in [5.74, 6) is 0.881. The SMILES string of the molecule is CC1CCN(c2ccccc2N2CCOCC2)CC1. The van der Waals surface area contributed by atoms with E-state index in [0.29, 0.717) is 0 Å². The normalized spacial score (nSPS) is 21.7. The number of piperidine rings is 1. The van der Waals surface area contributed by atoms with Gasteiger partial charge < -0.3 is 14.5 Å². The summed E-state index contributed by atoms with van der Waals surface area (Å²) in [5, 5.41) is 0. The van der Waals surface area contributed by atoms with Crippen LogP contribution in [0.3, 0.4) is 0 Å². The second-order valence-corrected chi connectivity index (χ2v) is 5.76. The summed E-state index contributed by atoms with van der Waals surface area (Å²) in [6, 6.07) is 8.86. The standard InChI is InChI=1S/C16H24N2O/c1-14-6-8-17(9-7-14)15-4-2-3-5-16(15)18-10-12-19-13-11-18/h2-5,14H,6-13H2,1H3. The van der Waals surface area contributed by atoms with Crippen molar-refractivity contribution in [3.8, 4) is 0 Å². The van der Waals surface area contributed by atoms with Crippen molar-refractivity contribution < 1.29 is 4.74 Å². The van der Waals surface area contributed by atoms with Crippen LogP contribution >= 0.6 is 0 Å². The predicted molar refractivity (Wildman–Crippen MR) is 80.1 cm³/mol. The summed E-state index contributed by atoms with van der Waals surface area (Å²) in [4.78, 5) is 5.03. The van der Waals surface area contributed by atoms with Crippen LogP contribution in [-0.2, 0) is 4.74 Å². The van der Waals surface area contributed by atoms with Gasteiger partial charge in [0, 0.05) is 26.2 Å². The van der Waals surface area contributed by atoms with Crippen molar-refractivity contribution in [3.63, 3.8) is 0 Å². The zero-order valence-electron chi connectivity index (χ0n) is 11.8. The molecule has 2 aliphatic rings. The van der Waals surface area contributed by atoms with Gasteiger partial charge in [-0.15, -0.1) is 0 Å². The van der Waals surface area contributed by atoms with Crippen molar-refractivity contribution in [2.75, 3.05) is 49.2 Å². The molecular formula is C16H24N2O. The number of ether oxygens (including phenoxy) is 1. The molecule has 2 fully saturated rings. The highest BCUT2D eigenvalue weighted by Gasteiger charge is 2.21. The van der Waals surface area contributed by atoms with Crippen LogP contribution in [0.1, 0.15) is 19.8 Å². The zero-order valence-corrected chi connectivity index (χ0v) is 11.8. The first-order valence-electron chi connectivity index (χ1n) is 7.51. The van der Waals surface area contributed by atoms with Gasteiger partial charge in [-0.1, -0.05) is 19.1 Å². The number of morpholine rings is 1. The smallest absolute Gasteiger partial charge is 0.0642 e. The average molecular weight is 260 g/mol. The number of rotatable bonds is 2. The summed E-state index contributed by atoms with van der Waals surface area (Å²) in [7, 11) is 0. The Bertz CT molecular complexity index is 407. The number of benzene rings is 1. The third kappa shape index (κ3) is 2.86. The highest BCUT2D eigenvalue weighted by molar-refractivity contribution is 5.71. The lowest BCUT2D eigenvalue weighted by Crippen LogP contribution is -2.39. The molecule has 19 heavy (non-hydrogen) atoms. The molecule has 2 heterocycles. The van der Waals surface area contributed by atoms with E-state index in [2.05, 4.69) is 41.0 Å². The second-order valence-electron chi connectivity index (χ2n) is 5.76. The summed E-state index contributed by atoms with van der Waals surface area (Å²) < 4.78 is 5.47. The molecule has 0 aromatic heterocycles. The van der Waals surface area contributed by atoms with E-state index in [-0.39, 0.29) is 0 Å². The van der Waals surface area contributed by atoms with Crippen molar-refractivity contribution in [1.29, 1.82) is 0 Å². The van der Waals surface area contributed by atoms with Gasteiger partial charge in [-0.2, -0.15) is 0 Å². The van der Waals surface area contributed by atoms with Crippen molar-refractivity contribution >= 4 is 11.4 Å². The van der Waals surface area contributed by atoms with E-state index in [9.17, 15) is 0 Å². The molecule has 2 saturated heterocycles. The van der Waals surface area contributed by atoms with E-state index in [1.54, 1.807) is 0 Å². The minimum Gasteiger partial charge on any atom is -0.378 e. The molecule has 0 bridgehead atoms. The van der Waals surface area contributed by atoms with Gasteiger partial charge in [-0.25, -0.2) is 0 Å². The Morgan fingerprint density at radius 1 is 0.895 bits per heavy atom. The highest BCUT2D eigenvalue weighted by Crippen LogP contribution is 2.32. The Morgan fingerprint density at radius 3 is 2.00 bits per heavy atom. The first-order chi connectivity index (χ1) is 9.34. The fourth-order valence-electron chi connectivity index (χ4n) is 3.05. The van der Waals surface area contributed by atoms with Crippen LogP contribution in [0.25, 0.3) is 0 Å². The molecule has 2 aliphatic heterocycles.